The predicted molar refractivity (Wildman–Crippen MR) is 139 cm³/mol. The van der Waals surface area contributed by atoms with Crippen LogP contribution in [0.2, 0.25) is 0 Å². The van der Waals surface area contributed by atoms with E-state index in [1.54, 1.807) is 17.9 Å². The summed E-state index contributed by atoms with van der Waals surface area (Å²) in [5.41, 5.74) is -2.02. The standard InChI is InChI=1S/C29H46N2O6/c1-7-14-30(20-12-10-9-11-13-20)26(34)24-29-16-19(5)28(6,37-29)23(27(35)36-8-2)22(29)25(33)31(24)21(17-32)15-18(3)4/h7,18-24,32H,1,8-17H2,2-6H3/t19?,21-,22+,23-,24?,28+,29?/m1/s1. The van der Waals surface area contributed by atoms with Crippen LogP contribution in [0.1, 0.15) is 79.6 Å². The van der Waals surface area contributed by atoms with Crippen molar-refractivity contribution in [1.82, 2.24) is 9.80 Å². The number of esters is 1. The second-order valence-electron chi connectivity index (χ2n) is 12.2. The first-order valence-corrected chi connectivity index (χ1v) is 14.3. The number of aliphatic hydroxyl groups is 1. The summed E-state index contributed by atoms with van der Waals surface area (Å²) >= 11 is 0. The molecule has 7 atom stereocenters. The molecule has 1 saturated carbocycles. The number of amides is 2. The molecule has 4 rings (SSSR count). The smallest absolute Gasteiger partial charge is 0.312 e. The maximum absolute atomic E-state index is 14.6. The van der Waals surface area contributed by atoms with Crippen molar-refractivity contribution in [3.8, 4) is 0 Å². The lowest BCUT2D eigenvalue weighted by molar-refractivity contribution is -0.164. The topological polar surface area (TPSA) is 96.4 Å². The van der Waals surface area contributed by atoms with Crippen molar-refractivity contribution in [2.24, 2.45) is 23.7 Å². The van der Waals surface area contributed by atoms with Gasteiger partial charge in [-0.2, -0.15) is 0 Å². The molecule has 4 fully saturated rings. The van der Waals surface area contributed by atoms with E-state index in [2.05, 4.69) is 6.58 Å². The fourth-order valence-corrected chi connectivity index (χ4v) is 7.87. The Kier molecular flexibility index (Phi) is 8.11. The molecule has 0 radical (unpaired) electrons. The first-order valence-electron chi connectivity index (χ1n) is 14.3. The van der Waals surface area contributed by atoms with Gasteiger partial charge in [0.2, 0.25) is 11.8 Å². The molecule has 0 aromatic rings. The summed E-state index contributed by atoms with van der Waals surface area (Å²) in [6, 6.07) is -1.35. The zero-order chi connectivity index (χ0) is 27.1. The molecule has 208 valence electrons. The Bertz CT molecular complexity index is 901. The molecule has 8 nitrogen and oxygen atoms in total. The van der Waals surface area contributed by atoms with Gasteiger partial charge in [0.1, 0.15) is 17.6 Å². The summed E-state index contributed by atoms with van der Waals surface area (Å²) in [5, 5.41) is 10.5. The summed E-state index contributed by atoms with van der Waals surface area (Å²) in [5.74, 6) is -2.29. The average Bonchev–Trinajstić information content (AvgIpc) is 3.38. The Labute approximate surface area is 221 Å². The summed E-state index contributed by atoms with van der Waals surface area (Å²) in [6.45, 7) is 14.0. The summed E-state index contributed by atoms with van der Waals surface area (Å²) in [7, 11) is 0. The second-order valence-corrected chi connectivity index (χ2v) is 12.2. The summed E-state index contributed by atoms with van der Waals surface area (Å²) < 4.78 is 12.3. The van der Waals surface area contributed by atoms with Gasteiger partial charge in [-0.15, -0.1) is 6.58 Å². The predicted octanol–water partition coefficient (Wildman–Crippen LogP) is 3.31. The number of nitrogens with zero attached hydrogens (tertiary/aromatic N) is 2. The lowest BCUT2D eigenvalue weighted by atomic mass is 9.62. The van der Waals surface area contributed by atoms with E-state index in [0.717, 1.165) is 32.1 Å². The maximum Gasteiger partial charge on any atom is 0.312 e. The molecule has 2 amide bonds. The van der Waals surface area contributed by atoms with Crippen LogP contribution in [0, 0.1) is 23.7 Å². The van der Waals surface area contributed by atoms with Crippen molar-refractivity contribution < 1.29 is 29.0 Å². The minimum Gasteiger partial charge on any atom is -0.466 e. The molecule has 1 aliphatic carbocycles. The first kappa shape index (κ1) is 28.1. The van der Waals surface area contributed by atoms with Crippen LogP contribution in [0.4, 0.5) is 0 Å². The zero-order valence-corrected chi connectivity index (χ0v) is 23.3. The number of ether oxygens (including phenoxy) is 2. The first-order chi connectivity index (χ1) is 17.6. The lowest BCUT2D eigenvalue weighted by Gasteiger charge is -2.42. The number of carbonyl (C=O) groups is 3. The molecule has 3 unspecified atom stereocenters. The fraction of sp³-hybridized carbons (Fsp3) is 0.828. The van der Waals surface area contributed by atoms with Crippen molar-refractivity contribution in [1.29, 1.82) is 0 Å². The van der Waals surface area contributed by atoms with Gasteiger partial charge in [0.25, 0.3) is 0 Å². The van der Waals surface area contributed by atoms with Crippen LogP contribution < -0.4 is 0 Å². The van der Waals surface area contributed by atoms with Gasteiger partial charge in [0, 0.05) is 12.6 Å². The minimum absolute atomic E-state index is 0.0404. The quantitative estimate of drug-likeness (QED) is 0.352. The van der Waals surface area contributed by atoms with E-state index >= 15 is 0 Å². The zero-order valence-electron chi connectivity index (χ0n) is 23.3. The van der Waals surface area contributed by atoms with Gasteiger partial charge in [-0.1, -0.05) is 46.1 Å². The number of hydrogen-bond donors (Lipinski definition) is 1. The van der Waals surface area contributed by atoms with Gasteiger partial charge in [-0.25, -0.2) is 0 Å². The lowest BCUT2D eigenvalue weighted by Crippen LogP contribution is -2.60. The molecule has 0 aromatic carbocycles. The average molecular weight is 519 g/mol. The van der Waals surface area contributed by atoms with E-state index in [9.17, 15) is 19.5 Å². The number of hydrogen-bond acceptors (Lipinski definition) is 6. The van der Waals surface area contributed by atoms with Gasteiger partial charge in [0.15, 0.2) is 0 Å². The van der Waals surface area contributed by atoms with Crippen molar-refractivity contribution >= 4 is 17.8 Å². The molecule has 4 aliphatic rings. The largest absolute Gasteiger partial charge is 0.466 e. The van der Waals surface area contributed by atoms with Crippen LogP contribution in [0.5, 0.6) is 0 Å². The van der Waals surface area contributed by atoms with E-state index in [1.165, 1.54) is 0 Å². The maximum atomic E-state index is 14.6. The van der Waals surface area contributed by atoms with Crippen molar-refractivity contribution in [3.05, 3.63) is 12.7 Å². The number of aliphatic hydroxyl groups excluding tert-OH is 1. The van der Waals surface area contributed by atoms with E-state index in [-0.39, 0.29) is 42.9 Å². The van der Waals surface area contributed by atoms with Crippen LogP contribution in [0.25, 0.3) is 0 Å². The highest BCUT2D eigenvalue weighted by Crippen LogP contribution is 2.65. The fourth-order valence-electron chi connectivity index (χ4n) is 7.87. The van der Waals surface area contributed by atoms with Gasteiger partial charge in [-0.05, 0) is 51.4 Å². The summed E-state index contributed by atoms with van der Waals surface area (Å²) in [4.78, 5) is 45.8. The molecule has 1 spiro atoms. The van der Waals surface area contributed by atoms with Crippen LogP contribution in [0.15, 0.2) is 12.7 Å². The van der Waals surface area contributed by atoms with Crippen LogP contribution >= 0.6 is 0 Å². The molecule has 3 aliphatic heterocycles. The van der Waals surface area contributed by atoms with E-state index in [4.69, 9.17) is 9.47 Å². The van der Waals surface area contributed by atoms with Gasteiger partial charge < -0.3 is 24.4 Å². The van der Waals surface area contributed by atoms with Crippen LogP contribution in [-0.2, 0) is 23.9 Å². The van der Waals surface area contributed by atoms with Crippen molar-refractivity contribution in [3.63, 3.8) is 0 Å². The van der Waals surface area contributed by atoms with Gasteiger partial charge >= 0.3 is 5.97 Å². The van der Waals surface area contributed by atoms with E-state index in [0.29, 0.717) is 19.4 Å². The molecule has 0 aromatic heterocycles. The Morgan fingerprint density at radius 1 is 1.30 bits per heavy atom. The Morgan fingerprint density at radius 3 is 2.54 bits per heavy atom. The molecule has 37 heavy (non-hydrogen) atoms. The van der Waals surface area contributed by atoms with Crippen LogP contribution in [-0.4, -0.2) is 81.8 Å². The number of carbonyl (C=O) groups excluding carboxylic acids is 3. The van der Waals surface area contributed by atoms with Crippen LogP contribution in [0.3, 0.4) is 0 Å². The highest BCUT2D eigenvalue weighted by Gasteiger charge is 2.80. The molecule has 3 saturated heterocycles. The van der Waals surface area contributed by atoms with E-state index in [1.807, 2.05) is 32.6 Å². The highest BCUT2D eigenvalue weighted by atomic mass is 16.6. The number of fused-ring (bicyclic) bond motifs is 1. The number of rotatable bonds is 10. The van der Waals surface area contributed by atoms with Gasteiger partial charge in [-0.3, -0.25) is 14.4 Å². The SMILES string of the molecule is C=CCN(C(=O)C1N([C@@H](CO)CC(C)C)C(=O)[C@@H]2[C@H](C(=O)OCC)[C@@]3(C)OC12CC3C)C1CCCCC1. The third-order valence-electron chi connectivity index (χ3n) is 9.50. The third-order valence-corrected chi connectivity index (χ3v) is 9.50. The third kappa shape index (κ3) is 4.42. The molecular formula is C29H46N2O6. The van der Waals surface area contributed by atoms with Crippen molar-refractivity contribution in [2.45, 2.75) is 109 Å². The minimum atomic E-state index is -1.13. The van der Waals surface area contributed by atoms with E-state index < -0.39 is 41.1 Å². The monoisotopic (exact) mass is 518 g/mol. The normalized spacial score (nSPS) is 36.1. The Balaban J connectivity index is 1.83. The Hall–Kier alpha value is -1.93. The molecule has 3 heterocycles. The molecule has 2 bridgehead atoms. The molecule has 8 heteroatoms. The summed E-state index contributed by atoms with van der Waals surface area (Å²) in [6.07, 6.45) is 7.95. The molecule has 1 N–H and O–H groups in total. The Morgan fingerprint density at radius 2 is 1.97 bits per heavy atom. The van der Waals surface area contributed by atoms with Crippen molar-refractivity contribution in [2.75, 3.05) is 19.8 Å². The number of likely N-dealkylation sites (tertiary alicyclic amines) is 1. The van der Waals surface area contributed by atoms with Gasteiger partial charge in [0.05, 0.1) is 30.8 Å². The molecular weight excluding hydrogens is 472 g/mol. The highest BCUT2D eigenvalue weighted by molar-refractivity contribution is 5.99. The second kappa shape index (κ2) is 10.7.